The molecule has 0 radical (unpaired) electrons. The van der Waals surface area contributed by atoms with Crippen LogP contribution in [0.3, 0.4) is 0 Å². The fourth-order valence-corrected chi connectivity index (χ4v) is 12.1. The maximum atomic E-state index is 13.0. The predicted octanol–water partition coefficient (Wildman–Crippen LogP) is 25.0. The fourth-order valence-electron chi connectivity index (χ4n) is 12.1. The quantitative estimate of drug-likeness (QED) is 0.0195. The van der Waals surface area contributed by atoms with Gasteiger partial charge >= 0.3 is 11.9 Å². The number of esters is 2. The van der Waals surface area contributed by atoms with Gasteiger partial charge < -0.3 is 33.3 Å². The molecule has 0 aromatic rings. The average molecular weight is 1330 g/mol. The van der Waals surface area contributed by atoms with Crippen molar-refractivity contribution in [2.24, 2.45) is 0 Å². The van der Waals surface area contributed by atoms with Crippen LogP contribution in [0.4, 0.5) is 0 Å². The first-order chi connectivity index (χ1) is 46.6. The molecule has 2 atom stereocenters. The van der Waals surface area contributed by atoms with Gasteiger partial charge in [-0.3, -0.25) is 9.59 Å². The first-order valence-electron chi connectivity index (χ1n) is 41.1. The van der Waals surface area contributed by atoms with E-state index in [1.54, 1.807) is 0 Å². The molecular formula is C86H157NO8. The van der Waals surface area contributed by atoms with E-state index in [2.05, 4.69) is 86.8 Å². The molecule has 9 heteroatoms. The molecule has 0 spiro atoms. The van der Waals surface area contributed by atoms with Crippen LogP contribution in [0, 0.1) is 0 Å². The third kappa shape index (κ3) is 77.9. The maximum absolute atomic E-state index is 13.0. The van der Waals surface area contributed by atoms with Crippen LogP contribution in [0.5, 0.6) is 0 Å². The molecule has 0 saturated carbocycles. The molecule has 9 nitrogen and oxygen atoms in total. The topological polar surface area (TPSA) is 111 Å². The van der Waals surface area contributed by atoms with Crippen molar-refractivity contribution in [3.8, 4) is 0 Å². The predicted molar refractivity (Wildman–Crippen MR) is 408 cm³/mol. The molecule has 2 unspecified atom stereocenters. The minimum Gasteiger partial charge on any atom is -0.545 e. The number of carboxylic acids is 1. The summed E-state index contributed by atoms with van der Waals surface area (Å²) in [5, 5.41) is 11.9. The highest BCUT2D eigenvalue weighted by Gasteiger charge is 2.22. The number of aliphatic carboxylic acids is 1. The number of hydrogen-bond donors (Lipinski definition) is 0. The lowest BCUT2D eigenvalue weighted by Gasteiger charge is -2.26. The van der Waals surface area contributed by atoms with Crippen LogP contribution in [-0.4, -0.2) is 82.3 Å². The minimum absolute atomic E-state index is 0.148. The van der Waals surface area contributed by atoms with Crippen molar-refractivity contribution < 1.29 is 42.9 Å². The summed E-state index contributed by atoms with van der Waals surface area (Å²) < 4.78 is 22.9. The Morgan fingerprint density at radius 1 is 0.316 bits per heavy atom. The van der Waals surface area contributed by atoms with E-state index in [-0.39, 0.29) is 32.2 Å². The Labute approximate surface area is 589 Å². The van der Waals surface area contributed by atoms with E-state index < -0.39 is 24.3 Å². The van der Waals surface area contributed by atoms with Gasteiger partial charge in [0.2, 0.25) is 0 Å². The molecule has 0 fully saturated rings. The van der Waals surface area contributed by atoms with Crippen molar-refractivity contribution >= 4 is 17.9 Å². The third-order valence-electron chi connectivity index (χ3n) is 18.4. The van der Waals surface area contributed by atoms with Crippen LogP contribution in [0.15, 0.2) is 72.9 Å². The van der Waals surface area contributed by atoms with Crippen molar-refractivity contribution in [3.63, 3.8) is 0 Å². The van der Waals surface area contributed by atoms with Crippen LogP contribution in [0.2, 0.25) is 0 Å². The zero-order chi connectivity index (χ0) is 69.0. The number of carbonyl (C=O) groups excluding carboxylic acids is 3. The van der Waals surface area contributed by atoms with E-state index in [4.69, 9.17) is 18.9 Å². The number of hydrogen-bond acceptors (Lipinski definition) is 8. The first-order valence-corrected chi connectivity index (χ1v) is 41.1. The highest BCUT2D eigenvalue weighted by atomic mass is 16.7. The summed E-state index contributed by atoms with van der Waals surface area (Å²) in [6.45, 7) is 4.78. The van der Waals surface area contributed by atoms with Gasteiger partial charge in [0.15, 0.2) is 12.4 Å². The summed E-state index contributed by atoms with van der Waals surface area (Å²) >= 11 is 0. The maximum Gasteiger partial charge on any atom is 0.306 e. The highest BCUT2D eigenvalue weighted by molar-refractivity contribution is 5.70. The van der Waals surface area contributed by atoms with Crippen LogP contribution in [0.1, 0.15) is 399 Å². The lowest BCUT2D eigenvalue weighted by Crippen LogP contribution is -2.44. The third-order valence-corrected chi connectivity index (χ3v) is 18.4. The van der Waals surface area contributed by atoms with Gasteiger partial charge in [-0.1, -0.05) is 369 Å². The Hall–Kier alpha value is -3.27. The van der Waals surface area contributed by atoms with Gasteiger partial charge in [-0.15, -0.1) is 0 Å². The van der Waals surface area contributed by atoms with Gasteiger partial charge in [0, 0.05) is 12.8 Å². The molecule has 0 amide bonds. The molecule has 0 aliphatic rings. The number of likely N-dealkylation sites (N-methyl/N-ethyl adjacent to an activating group) is 1. The lowest BCUT2D eigenvalue weighted by atomic mass is 10.0. The molecule has 0 aromatic carbocycles. The molecule has 0 rings (SSSR count). The van der Waals surface area contributed by atoms with E-state index in [1.165, 1.54) is 308 Å². The zero-order valence-corrected chi connectivity index (χ0v) is 63.6. The van der Waals surface area contributed by atoms with Crippen LogP contribution >= 0.6 is 0 Å². The Kier molecular flexibility index (Phi) is 73.9. The van der Waals surface area contributed by atoms with E-state index in [0.717, 1.165) is 57.8 Å². The number of rotatable bonds is 77. The van der Waals surface area contributed by atoms with E-state index in [0.29, 0.717) is 23.9 Å². The van der Waals surface area contributed by atoms with Gasteiger partial charge in [-0.2, -0.15) is 0 Å². The van der Waals surface area contributed by atoms with Crippen molar-refractivity contribution in [1.82, 2.24) is 0 Å². The first kappa shape index (κ1) is 91.7. The smallest absolute Gasteiger partial charge is 0.306 e. The van der Waals surface area contributed by atoms with Crippen LogP contribution in [-0.2, 0) is 33.3 Å². The minimum atomic E-state index is -1.62. The summed E-state index contributed by atoms with van der Waals surface area (Å²) in [4.78, 5) is 37.6. The summed E-state index contributed by atoms with van der Waals surface area (Å²) in [5.41, 5.74) is 0. The number of quaternary nitrogens is 1. The second-order valence-corrected chi connectivity index (χ2v) is 29.1. The molecule has 0 bridgehead atoms. The number of carbonyl (C=O) groups is 3. The standard InChI is InChI=1S/C86H157NO8/c1-6-8-10-12-14-16-18-20-22-24-26-28-30-32-34-36-37-38-39-40-41-42-43-44-45-46-47-49-51-53-55-57-59-61-63-65-67-69-71-73-75-77-84(89)95-82(81-94-86(85(90)91)92-79-78-87(3,4)5)80-93-83(88)76-74-72-70-68-66-64-62-60-58-56-54-52-50-48-35-33-31-29-27-25-23-21-19-17-15-13-11-9-7-2/h18-21,24-27,30-33,82,86H,6-17,22-23,28-29,34-81H2,1-5H3/b20-18-,21-19-,26-24-,27-25-,32-30-,33-31-. The average Bonchev–Trinajstić information content (AvgIpc) is 3.54. The Balaban J connectivity index is 3.96. The molecule has 0 aliphatic heterocycles. The second kappa shape index (κ2) is 76.5. The Morgan fingerprint density at radius 3 is 0.842 bits per heavy atom. The molecule has 0 aliphatic carbocycles. The number of allylic oxidation sites excluding steroid dienone is 12. The van der Waals surface area contributed by atoms with Gasteiger partial charge in [-0.05, 0) is 89.9 Å². The van der Waals surface area contributed by atoms with Crippen molar-refractivity contribution in [3.05, 3.63) is 72.9 Å². The van der Waals surface area contributed by atoms with Crippen molar-refractivity contribution in [2.75, 3.05) is 47.5 Å². The summed E-state index contributed by atoms with van der Waals surface area (Å²) in [6, 6.07) is 0. The molecule has 0 heterocycles. The molecule has 0 aromatic heterocycles. The number of unbranched alkanes of at least 4 members (excludes halogenated alkanes) is 50. The van der Waals surface area contributed by atoms with E-state index >= 15 is 0 Å². The van der Waals surface area contributed by atoms with Crippen molar-refractivity contribution in [1.29, 1.82) is 0 Å². The Bertz CT molecular complexity index is 1790. The van der Waals surface area contributed by atoms with Gasteiger partial charge in [0.1, 0.15) is 13.2 Å². The molecular weight excluding hydrogens is 1170 g/mol. The SMILES string of the molecule is CCCCCCC/C=C\C/C=C\C/C=C\CCCCCCCCCCCCCCCCCCCCCCCCCCCCC(=O)OC(COC(=O)CCCCCCCCCCCCCCCC/C=C\C/C=C\C/C=C\CCCCCCC)COC(OCC[N+](C)(C)C)C(=O)[O-]. The van der Waals surface area contributed by atoms with Crippen LogP contribution < -0.4 is 5.11 Å². The van der Waals surface area contributed by atoms with Crippen LogP contribution in [0.25, 0.3) is 0 Å². The highest BCUT2D eigenvalue weighted by Crippen LogP contribution is 2.19. The van der Waals surface area contributed by atoms with Gasteiger partial charge in [0.25, 0.3) is 0 Å². The largest absolute Gasteiger partial charge is 0.545 e. The molecule has 554 valence electrons. The normalized spacial score (nSPS) is 13.0. The van der Waals surface area contributed by atoms with Crippen molar-refractivity contribution in [2.45, 2.75) is 411 Å². The second-order valence-electron chi connectivity index (χ2n) is 29.1. The van der Waals surface area contributed by atoms with E-state index in [9.17, 15) is 19.5 Å². The molecule has 0 N–H and O–H groups in total. The Morgan fingerprint density at radius 2 is 0.568 bits per heavy atom. The zero-order valence-electron chi connectivity index (χ0n) is 63.6. The summed E-state index contributed by atoms with van der Waals surface area (Å²) in [6.07, 6.45) is 100. The van der Waals surface area contributed by atoms with Gasteiger partial charge in [-0.25, -0.2) is 0 Å². The summed E-state index contributed by atoms with van der Waals surface area (Å²) in [7, 11) is 5.95. The number of ether oxygens (including phenoxy) is 4. The van der Waals surface area contributed by atoms with E-state index in [1.807, 2.05) is 21.1 Å². The molecule has 0 saturated heterocycles. The number of nitrogens with zero attached hydrogens (tertiary/aromatic N) is 1. The molecule has 95 heavy (non-hydrogen) atoms. The fraction of sp³-hybridized carbons (Fsp3) is 0.826. The monoisotopic (exact) mass is 1330 g/mol. The summed E-state index contributed by atoms with van der Waals surface area (Å²) in [5.74, 6) is -2.26. The number of carboxylic acid groups (broad SMARTS) is 1. The van der Waals surface area contributed by atoms with Gasteiger partial charge in [0.05, 0.1) is 40.3 Å². The lowest BCUT2D eigenvalue weighted by molar-refractivity contribution is -0.870.